The number of nitrogens with zero attached hydrogens (tertiary/aromatic N) is 1. The molecule has 0 spiro atoms. The first-order chi connectivity index (χ1) is 11.3. The summed E-state index contributed by atoms with van der Waals surface area (Å²) in [6.45, 7) is 8.10. The average Bonchev–Trinajstić information content (AvgIpc) is 2.63. The van der Waals surface area contributed by atoms with Gasteiger partial charge in [-0.3, -0.25) is 0 Å². The number of hydrogen-bond acceptors (Lipinski definition) is 3. The predicted molar refractivity (Wildman–Crippen MR) is 96.3 cm³/mol. The van der Waals surface area contributed by atoms with Crippen molar-refractivity contribution in [2.24, 2.45) is 0 Å². The van der Waals surface area contributed by atoms with E-state index in [1.807, 2.05) is 39.0 Å². The lowest BCUT2D eigenvalue weighted by Crippen LogP contribution is -2.59. The zero-order valence-electron chi connectivity index (χ0n) is 14.5. The maximum absolute atomic E-state index is 12.5. The summed E-state index contributed by atoms with van der Waals surface area (Å²) >= 11 is 3.47. The van der Waals surface area contributed by atoms with Crippen LogP contribution in [-0.2, 0) is 4.74 Å². The summed E-state index contributed by atoms with van der Waals surface area (Å²) in [4.78, 5) is 14.3. The van der Waals surface area contributed by atoms with E-state index in [1.54, 1.807) is 4.90 Å². The molecule has 1 aromatic rings. The van der Waals surface area contributed by atoms with E-state index >= 15 is 0 Å². The smallest absolute Gasteiger partial charge is 0.318 e. The normalized spacial score (nSPS) is 21.3. The predicted octanol–water partition coefficient (Wildman–Crippen LogP) is 3.87. The van der Waals surface area contributed by atoms with Crippen LogP contribution in [0.25, 0.3) is 0 Å². The van der Waals surface area contributed by atoms with Crippen LogP contribution < -0.4 is 10.1 Å². The minimum Gasteiger partial charge on any atom is -0.493 e. The number of amides is 2. The van der Waals surface area contributed by atoms with Gasteiger partial charge in [0.15, 0.2) is 0 Å². The number of urea groups is 1. The number of hydrogen-bond donors (Lipinski definition) is 1. The molecule has 1 atom stereocenters. The lowest BCUT2D eigenvalue weighted by atomic mass is 10.0. The van der Waals surface area contributed by atoms with Gasteiger partial charge in [-0.15, -0.1) is 0 Å². The Hall–Kier alpha value is -1.27. The number of halogens is 1. The van der Waals surface area contributed by atoms with Gasteiger partial charge in [0, 0.05) is 10.0 Å². The van der Waals surface area contributed by atoms with E-state index in [-0.39, 0.29) is 23.8 Å². The average molecular weight is 397 g/mol. The fourth-order valence-corrected chi connectivity index (χ4v) is 3.46. The molecular weight excluding hydrogens is 372 g/mol. The molecule has 0 saturated carbocycles. The Bertz CT molecular complexity index is 609. The lowest BCUT2D eigenvalue weighted by molar-refractivity contribution is -0.111. The summed E-state index contributed by atoms with van der Waals surface area (Å²) in [6.07, 6.45) is 1.94. The Kier molecular flexibility index (Phi) is 5.06. The molecule has 2 aliphatic rings. The van der Waals surface area contributed by atoms with Crippen LogP contribution in [0.2, 0.25) is 0 Å². The number of carbonyl (C=O) groups excluding carboxylic acids is 1. The van der Waals surface area contributed by atoms with Crippen molar-refractivity contribution in [2.75, 3.05) is 19.7 Å². The second kappa shape index (κ2) is 6.92. The molecule has 6 heteroatoms. The first-order valence-electron chi connectivity index (χ1n) is 8.47. The summed E-state index contributed by atoms with van der Waals surface area (Å²) in [5.41, 5.74) is 0.880. The van der Waals surface area contributed by atoms with E-state index in [0.717, 1.165) is 28.6 Å². The first kappa shape index (κ1) is 17.5. The summed E-state index contributed by atoms with van der Waals surface area (Å²) in [7, 11) is 0. The third kappa shape index (κ3) is 4.22. The zero-order valence-corrected chi connectivity index (χ0v) is 16.1. The number of ether oxygens (including phenoxy) is 2. The van der Waals surface area contributed by atoms with Gasteiger partial charge in [0.1, 0.15) is 5.75 Å². The van der Waals surface area contributed by atoms with Crippen LogP contribution in [0.5, 0.6) is 5.75 Å². The van der Waals surface area contributed by atoms with Crippen molar-refractivity contribution in [3.05, 3.63) is 28.2 Å². The highest BCUT2D eigenvalue weighted by molar-refractivity contribution is 9.10. The number of nitrogens with one attached hydrogen (secondary N) is 1. The summed E-state index contributed by atoms with van der Waals surface area (Å²) in [6, 6.07) is 5.95. The maximum Gasteiger partial charge on any atom is 0.318 e. The van der Waals surface area contributed by atoms with Crippen LogP contribution in [0.15, 0.2) is 22.7 Å². The molecule has 1 saturated heterocycles. The first-order valence-corrected chi connectivity index (χ1v) is 9.26. The van der Waals surface area contributed by atoms with Gasteiger partial charge >= 0.3 is 6.03 Å². The monoisotopic (exact) mass is 396 g/mol. The van der Waals surface area contributed by atoms with Gasteiger partial charge in [-0.25, -0.2) is 4.79 Å². The molecule has 0 bridgehead atoms. The van der Waals surface area contributed by atoms with E-state index < -0.39 is 0 Å². The Labute approximate surface area is 151 Å². The van der Waals surface area contributed by atoms with Gasteiger partial charge in [-0.1, -0.05) is 22.0 Å². The molecule has 2 aliphatic heterocycles. The number of rotatable bonds is 2. The van der Waals surface area contributed by atoms with Crippen LogP contribution in [-0.4, -0.2) is 42.3 Å². The van der Waals surface area contributed by atoms with Crippen molar-refractivity contribution in [3.8, 4) is 5.75 Å². The largest absolute Gasteiger partial charge is 0.493 e. The number of benzene rings is 1. The second-order valence-electron chi connectivity index (χ2n) is 7.43. The highest BCUT2D eigenvalue weighted by Crippen LogP contribution is 2.34. The van der Waals surface area contributed by atoms with Crippen molar-refractivity contribution >= 4 is 22.0 Å². The molecule has 132 valence electrons. The molecule has 1 fully saturated rings. The van der Waals surface area contributed by atoms with Crippen LogP contribution >= 0.6 is 15.9 Å². The van der Waals surface area contributed by atoms with Gasteiger partial charge in [-0.2, -0.15) is 0 Å². The highest BCUT2D eigenvalue weighted by atomic mass is 79.9. The van der Waals surface area contributed by atoms with E-state index in [9.17, 15) is 4.79 Å². The maximum atomic E-state index is 12.5. The van der Waals surface area contributed by atoms with Crippen molar-refractivity contribution in [2.45, 2.75) is 51.4 Å². The van der Waals surface area contributed by atoms with Gasteiger partial charge in [0.25, 0.3) is 0 Å². The summed E-state index contributed by atoms with van der Waals surface area (Å²) in [5.74, 6) is 0.852. The Morgan fingerprint density at radius 2 is 2.12 bits per heavy atom. The van der Waals surface area contributed by atoms with Crippen molar-refractivity contribution < 1.29 is 14.3 Å². The van der Waals surface area contributed by atoms with E-state index in [1.165, 1.54) is 0 Å². The van der Waals surface area contributed by atoms with E-state index in [4.69, 9.17) is 9.47 Å². The van der Waals surface area contributed by atoms with Crippen molar-refractivity contribution in [1.82, 2.24) is 10.2 Å². The van der Waals surface area contributed by atoms with E-state index in [0.29, 0.717) is 19.7 Å². The van der Waals surface area contributed by atoms with Gasteiger partial charge in [0.05, 0.1) is 37.4 Å². The third-order valence-electron chi connectivity index (χ3n) is 4.20. The van der Waals surface area contributed by atoms with Crippen molar-refractivity contribution in [1.29, 1.82) is 0 Å². The molecule has 1 aromatic carbocycles. The molecule has 3 rings (SSSR count). The van der Waals surface area contributed by atoms with Crippen LogP contribution in [0.4, 0.5) is 4.79 Å². The molecule has 1 unspecified atom stereocenters. The molecule has 5 nitrogen and oxygen atoms in total. The molecular formula is C18H25BrN2O3. The second-order valence-corrected chi connectivity index (χ2v) is 8.35. The highest BCUT2D eigenvalue weighted by Gasteiger charge is 2.35. The Morgan fingerprint density at radius 3 is 2.83 bits per heavy atom. The van der Waals surface area contributed by atoms with Gasteiger partial charge in [0.2, 0.25) is 0 Å². The quantitative estimate of drug-likeness (QED) is 0.824. The van der Waals surface area contributed by atoms with Gasteiger partial charge < -0.3 is 19.7 Å². The van der Waals surface area contributed by atoms with Gasteiger partial charge in [-0.05, 0) is 45.7 Å². The number of carbonyl (C=O) groups is 1. The molecule has 24 heavy (non-hydrogen) atoms. The van der Waals surface area contributed by atoms with Crippen LogP contribution in [0.1, 0.15) is 45.2 Å². The zero-order chi connectivity index (χ0) is 17.3. The molecule has 1 N–H and O–H groups in total. The minimum atomic E-state index is -0.168. The SMILES string of the molecule is CC(C)(C)OC1CN(C(=O)NC2CCCOc3cc(Br)ccc32)C1. The Morgan fingerprint density at radius 1 is 1.38 bits per heavy atom. The van der Waals surface area contributed by atoms with Crippen molar-refractivity contribution in [3.63, 3.8) is 0 Å². The number of fused-ring (bicyclic) bond motifs is 1. The van der Waals surface area contributed by atoms with E-state index in [2.05, 4.69) is 21.2 Å². The summed E-state index contributed by atoms with van der Waals surface area (Å²) in [5, 5.41) is 3.16. The molecule has 0 radical (unpaired) electrons. The summed E-state index contributed by atoms with van der Waals surface area (Å²) < 4.78 is 12.7. The fraction of sp³-hybridized carbons (Fsp3) is 0.611. The molecule has 0 aliphatic carbocycles. The minimum absolute atomic E-state index is 0.00863. The van der Waals surface area contributed by atoms with Crippen LogP contribution in [0.3, 0.4) is 0 Å². The number of likely N-dealkylation sites (tertiary alicyclic amines) is 1. The standard InChI is InChI=1S/C18H25BrN2O3/c1-18(2,3)24-13-10-21(11-13)17(22)20-15-5-4-8-23-16-9-12(19)6-7-14(15)16/h6-7,9,13,15H,4-5,8,10-11H2,1-3H3,(H,20,22). The molecule has 0 aromatic heterocycles. The molecule has 2 heterocycles. The third-order valence-corrected chi connectivity index (χ3v) is 4.69. The topological polar surface area (TPSA) is 50.8 Å². The molecule has 2 amide bonds. The van der Waals surface area contributed by atoms with Crippen LogP contribution in [0, 0.1) is 0 Å². The Balaban J connectivity index is 1.60. The fourth-order valence-electron chi connectivity index (χ4n) is 3.11. The lowest BCUT2D eigenvalue weighted by Gasteiger charge is -2.42.